The number of halogens is 1. The molecule has 0 saturated heterocycles. The molecule has 0 saturated carbocycles. The third-order valence-corrected chi connectivity index (χ3v) is 8.29. The number of hydrogen-bond acceptors (Lipinski definition) is 5. The van der Waals surface area contributed by atoms with E-state index >= 15 is 0 Å². The van der Waals surface area contributed by atoms with Crippen LogP contribution in [0, 0.1) is 6.92 Å². The molecule has 3 aromatic rings. The topological polar surface area (TPSA) is 96.0 Å². The maximum Gasteiger partial charge on any atom is 0.264 e. The van der Waals surface area contributed by atoms with Crippen molar-refractivity contribution in [1.82, 2.24) is 10.2 Å². The number of hydrogen-bond donors (Lipinski definition) is 1. The number of carbonyl (C=O) groups is 2. The third-order valence-electron chi connectivity index (χ3n) is 6.28. The van der Waals surface area contributed by atoms with Gasteiger partial charge in [0.05, 0.1) is 17.7 Å². The average molecular weight is 572 g/mol. The number of rotatable bonds is 12. The lowest BCUT2D eigenvalue weighted by molar-refractivity contribution is -0.139. The molecule has 1 N–H and O–H groups in total. The highest BCUT2D eigenvalue weighted by Crippen LogP contribution is 2.30. The summed E-state index contributed by atoms with van der Waals surface area (Å²) in [5.41, 5.74) is 1.67. The smallest absolute Gasteiger partial charge is 0.264 e. The van der Waals surface area contributed by atoms with Gasteiger partial charge in [-0.2, -0.15) is 0 Å². The summed E-state index contributed by atoms with van der Waals surface area (Å²) in [4.78, 5) is 28.3. The van der Waals surface area contributed by atoms with Crippen LogP contribution in [-0.4, -0.2) is 51.4 Å². The minimum atomic E-state index is -4.15. The van der Waals surface area contributed by atoms with Crippen molar-refractivity contribution in [3.05, 3.63) is 88.9 Å². The van der Waals surface area contributed by atoms with E-state index in [9.17, 15) is 18.0 Å². The number of carbonyl (C=O) groups excluding carboxylic acids is 2. The molecule has 0 bridgehead atoms. The molecule has 1 atom stereocenters. The Labute approximate surface area is 235 Å². The molecular weight excluding hydrogens is 538 g/mol. The first-order valence-corrected chi connectivity index (χ1v) is 14.4. The Morgan fingerprint density at radius 3 is 2.31 bits per heavy atom. The zero-order chi connectivity index (χ0) is 28.6. The molecule has 0 fully saturated rings. The van der Waals surface area contributed by atoms with Gasteiger partial charge in [-0.05, 0) is 67.8 Å². The summed E-state index contributed by atoms with van der Waals surface area (Å²) >= 11 is 6.25. The second-order valence-electron chi connectivity index (χ2n) is 9.09. The number of sulfonamides is 1. The first-order chi connectivity index (χ1) is 18.6. The molecular formula is C29H34ClN3O5S. The van der Waals surface area contributed by atoms with E-state index in [1.807, 2.05) is 6.92 Å². The molecule has 0 aliphatic carbocycles. The summed E-state index contributed by atoms with van der Waals surface area (Å²) in [6.07, 6.45) is 0.738. The van der Waals surface area contributed by atoms with E-state index in [0.717, 1.165) is 16.3 Å². The zero-order valence-electron chi connectivity index (χ0n) is 22.6. The summed E-state index contributed by atoms with van der Waals surface area (Å²) in [7, 11) is -2.59. The monoisotopic (exact) mass is 571 g/mol. The van der Waals surface area contributed by atoms with Crippen molar-refractivity contribution in [3.8, 4) is 5.75 Å². The maximum absolute atomic E-state index is 13.9. The Hall–Kier alpha value is -3.56. The van der Waals surface area contributed by atoms with Crippen LogP contribution >= 0.6 is 11.6 Å². The molecule has 10 heteroatoms. The lowest BCUT2D eigenvalue weighted by Crippen LogP contribution is -2.51. The Morgan fingerprint density at radius 1 is 1.03 bits per heavy atom. The highest BCUT2D eigenvalue weighted by Gasteiger charge is 2.33. The summed E-state index contributed by atoms with van der Waals surface area (Å²) in [6.45, 7) is 5.35. The highest BCUT2D eigenvalue weighted by atomic mass is 35.5. The highest BCUT2D eigenvalue weighted by molar-refractivity contribution is 7.92. The van der Waals surface area contributed by atoms with Crippen LogP contribution in [0.1, 0.15) is 31.4 Å². The van der Waals surface area contributed by atoms with Crippen LogP contribution in [-0.2, 0) is 26.2 Å². The molecule has 3 aromatic carbocycles. The molecule has 3 rings (SSSR count). The summed E-state index contributed by atoms with van der Waals surface area (Å²) in [5.74, 6) is -0.208. The SMILES string of the molecule is CCCNC(=O)[C@@H](C)N(Cc1ccc(OC)cc1)C(=O)CN(c1cc(Cl)ccc1C)S(=O)(=O)c1ccccc1. The molecule has 8 nitrogen and oxygen atoms in total. The van der Waals surface area contributed by atoms with E-state index in [0.29, 0.717) is 22.9 Å². The molecule has 0 aliphatic rings. The molecule has 0 spiro atoms. The fraction of sp³-hybridized carbons (Fsp3) is 0.310. The Bertz CT molecular complexity index is 1380. The van der Waals surface area contributed by atoms with E-state index in [4.69, 9.17) is 16.3 Å². The van der Waals surface area contributed by atoms with Crippen LogP contribution in [0.15, 0.2) is 77.7 Å². The van der Waals surface area contributed by atoms with Crippen LogP contribution in [0.5, 0.6) is 5.75 Å². The van der Waals surface area contributed by atoms with Crippen LogP contribution in [0.2, 0.25) is 5.02 Å². The Kier molecular flexibility index (Phi) is 10.4. The normalized spacial score (nSPS) is 11.9. The van der Waals surface area contributed by atoms with Gasteiger partial charge in [0, 0.05) is 18.1 Å². The van der Waals surface area contributed by atoms with Gasteiger partial charge in [0.1, 0.15) is 18.3 Å². The number of methoxy groups -OCH3 is 1. The molecule has 0 aliphatic heterocycles. The first kappa shape index (κ1) is 30.0. The van der Waals surface area contributed by atoms with Gasteiger partial charge in [0.15, 0.2) is 0 Å². The summed E-state index contributed by atoms with van der Waals surface area (Å²) in [6, 6.07) is 19.1. The van der Waals surface area contributed by atoms with Crippen LogP contribution in [0.4, 0.5) is 5.69 Å². The van der Waals surface area contributed by atoms with Crippen LogP contribution in [0.3, 0.4) is 0 Å². The van der Waals surface area contributed by atoms with Crippen LogP contribution < -0.4 is 14.4 Å². The Morgan fingerprint density at radius 2 is 1.69 bits per heavy atom. The van der Waals surface area contributed by atoms with Gasteiger partial charge in [0.2, 0.25) is 11.8 Å². The molecule has 208 valence electrons. The molecule has 0 aromatic heterocycles. The summed E-state index contributed by atoms with van der Waals surface area (Å²) in [5, 5.41) is 3.16. The van der Waals surface area contributed by atoms with Gasteiger partial charge >= 0.3 is 0 Å². The number of nitrogens with zero attached hydrogens (tertiary/aromatic N) is 2. The Balaban J connectivity index is 2.04. The summed E-state index contributed by atoms with van der Waals surface area (Å²) < 4.78 is 34.0. The van der Waals surface area contributed by atoms with E-state index < -0.39 is 28.5 Å². The molecule has 2 amide bonds. The van der Waals surface area contributed by atoms with Crippen molar-refractivity contribution >= 4 is 39.1 Å². The van der Waals surface area contributed by atoms with Gasteiger partial charge < -0.3 is 15.0 Å². The van der Waals surface area contributed by atoms with Crippen molar-refractivity contribution in [3.63, 3.8) is 0 Å². The van der Waals surface area contributed by atoms with E-state index in [1.54, 1.807) is 75.6 Å². The van der Waals surface area contributed by atoms with Gasteiger partial charge in [0.25, 0.3) is 10.0 Å². The van der Waals surface area contributed by atoms with Crippen molar-refractivity contribution < 1.29 is 22.7 Å². The molecule has 0 heterocycles. The minimum absolute atomic E-state index is 0.0348. The minimum Gasteiger partial charge on any atom is -0.497 e. The number of aryl methyl sites for hydroxylation is 1. The van der Waals surface area contributed by atoms with E-state index in [-0.39, 0.29) is 23.0 Å². The van der Waals surface area contributed by atoms with Crippen molar-refractivity contribution in [2.75, 3.05) is 24.5 Å². The van der Waals surface area contributed by atoms with E-state index in [1.165, 1.54) is 23.1 Å². The molecule has 39 heavy (non-hydrogen) atoms. The second kappa shape index (κ2) is 13.5. The standard InChI is InChI=1S/C29H34ClN3O5S/c1-5-17-31-29(35)22(3)32(19-23-12-15-25(38-4)16-13-23)28(34)20-33(27-18-24(30)14-11-21(27)2)39(36,37)26-9-7-6-8-10-26/h6-16,18,22H,5,17,19-20H2,1-4H3,(H,31,35)/t22-/m1/s1. The molecule has 0 radical (unpaired) electrons. The first-order valence-electron chi connectivity index (χ1n) is 12.6. The van der Waals surface area contributed by atoms with Gasteiger partial charge in [-0.15, -0.1) is 0 Å². The zero-order valence-corrected chi connectivity index (χ0v) is 24.1. The fourth-order valence-corrected chi connectivity index (χ4v) is 5.65. The quantitative estimate of drug-likeness (QED) is 0.337. The number of nitrogens with one attached hydrogen (secondary N) is 1. The number of benzene rings is 3. The number of ether oxygens (including phenoxy) is 1. The van der Waals surface area contributed by atoms with Crippen molar-refractivity contribution in [1.29, 1.82) is 0 Å². The van der Waals surface area contributed by atoms with Gasteiger partial charge in [-0.25, -0.2) is 8.42 Å². The lowest BCUT2D eigenvalue weighted by atomic mass is 10.1. The average Bonchev–Trinajstić information content (AvgIpc) is 2.94. The van der Waals surface area contributed by atoms with E-state index in [2.05, 4.69) is 5.32 Å². The number of anilines is 1. The maximum atomic E-state index is 13.9. The second-order valence-corrected chi connectivity index (χ2v) is 11.4. The largest absolute Gasteiger partial charge is 0.497 e. The predicted octanol–water partition coefficient (Wildman–Crippen LogP) is 4.80. The number of amides is 2. The van der Waals surface area contributed by atoms with Gasteiger partial charge in [-0.1, -0.05) is 54.9 Å². The van der Waals surface area contributed by atoms with Crippen molar-refractivity contribution in [2.45, 2.75) is 44.7 Å². The predicted molar refractivity (Wildman–Crippen MR) is 153 cm³/mol. The van der Waals surface area contributed by atoms with Crippen molar-refractivity contribution in [2.24, 2.45) is 0 Å². The van der Waals surface area contributed by atoms with Gasteiger partial charge in [-0.3, -0.25) is 13.9 Å². The van der Waals surface area contributed by atoms with Crippen LogP contribution in [0.25, 0.3) is 0 Å². The third kappa shape index (κ3) is 7.52. The lowest BCUT2D eigenvalue weighted by Gasteiger charge is -2.32. The molecule has 0 unspecified atom stereocenters. The fourth-order valence-electron chi connectivity index (χ4n) is 3.99.